The molecule has 4 N–H and O–H groups in total. The van der Waals surface area contributed by atoms with E-state index in [4.69, 9.17) is 15.2 Å². The molecule has 3 atom stereocenters. The Bertz CT molecular complexity index is 1500. The van der Waals surface area contributed by atoms with Crippen LogP contribution in [-0.2, 0) is 34.0 Å². The molecule has 0 aromatic carbocycles. The fraction of sp³-hybridized carbons (Fsp3) is 0.435. The Labute approximate surface area is 236 Å². The van der Waals surface area contributed by atoms with Crippen LogP contribution in [0.3, 0.4) is 0 Å². The molecule has 218 valence electrons. The van der Waals surface area contributed by atoms with Crippen molar-refractivity contribution in [2.45, 2.75) is 60.9 Å². The molecule has 0 aliphatic carbocycles. The molecule has 2 aromatic rings. The van der Waals surface area contributed by atoms with E-state index in [-0.39, 0.29) is 36.4 Å². The quantitative estimate of drug-likeness (QED) is 0.149. The van der Waals surface area contributed by atoms with Gasteiger partial charge in [0.15, 0.2) is 0 Å². The van der Waals surface area contributed by atoms with Gasteiger partial charge in [-0.3, -0.25) is 29.0 Å². The lowest BCUT2D eigenvalue weighted by Crippen LogP contribution is -2.64. The van der Waals surface area contributed by atoms with Crippen molar-refractivity contribution >= 4 is 57.0 Å². The molecule has 2 aromatic heterocycles. The summed E-state index contributed by atoms with van der Waals surface area (Å²) in [5.41, 5.74) is 7.30. The number of carboxylic acids is 1. The highest BCUT2D eigenvalue weighted by Crippen LogP contribution is 2.31. The van der Waals surface area contributed by atoms with E-state index in [0.29, 0.717) is 23.2 Å². The molecule has 0 bridgehead atoms. The normalized spacial score (nSPS) is 20.0. The maximum Gasteiger partial charge on any atom is 0.374 e. The molecule has 4 rings (SSSR count). The summed E-state index contributed by atoms with van der Waals surface area (Å²) in [4.78, 5) is 66.7. The Morgan fingerprint density at radius 1 is 1.27 bits per heavy atom. The van der Waals surface area contributed by atoms with E-state index >= 15 is 0 Å². The van der Waals surface area contributed by atoms with Gasteiger partial charge in [-0.1, -0.05) is 5.16 Å². The fourth-order valence-corrected chi connectivity index (χ4v) is 7.05. The fourth-order valence-electron chi connectivity index (χ4n) is 4.54. The van der Waals surface area contributed by atoms with Crippen LogP contribution in [0.4, 0.5) is 0 Å². The van der Waals surface area contributed by atoms with E-state index < -0.39 is 64.0 Å². The maximum atomic E-state index is 13.7. The van der Waals surface area contributed by atoms with Crippen molar-refractivity contribution in [2.75, 3.05) is 6.54 Å². The van der Waals surface area contributed by atoms with E-state index in [2.05, 4.69) is 20.0 Å². The number of sulfonamides is 1. The van der Waals surface area contributed by atoms with Crippen LogP contribution >= 0.6 is 11.3 Å². The summed E-state index contributed by atoms with van der Waals surface area (Å²) in [5, 5.41) is 17.2. The molecule has 0 spiro atoms. The van der Waals surface area contributed by atoms with Crippen molar-refractivity contribution in [3.05, 3.63) is 24.5 Å². The zero-order chi connectivity index (χ0) is 29.7. The van der Waals surface area contributed by atoms with Crippen molar-refractivity contribution in [3.63, 3.8) is 0 Å². The number of fused-ring (bicyclic) bond motifs is 1. The Hall–Kier alpha value is -4.25. The number of carbonyl (C=O) groups is 5. The molecule has 18 heteroatoms. The summed E-state index contributed by atoms with van der Waals surface area (Å²) in [5.74, 6) is -4.18. The molecular weight excluding hydrogens is 582 g/mol. The van der Waals surface area contributed by atoms with E-state index in [9.17, 15) is 32.4 Å². The van der Waals surface area contributed by atoms with Gasteiger partial charge in [0.2, 0.25) is 11.8 Å². The molecule has 0 radical (unpaired) electrons. The van der Waals surface area contributed by atoms with Crippen molar-refractivity contribution in [1.82, 2.24) is 25.2 Å². The first-order valence-electron chi connectivity index (χ1n) is 12.4. The number of hydrazine groups is 1. The topological polar surface area (TPSA) is 234 Å². The second-order valence-corrected chi connectivity index (χ2v) is 12.3. The summed E-state index contributed by atoms with van der Waals surface area (Å²) in [6.45, 7) is 0.118. The Balaban J connectivity index is 1.56. The minimum Gasteiger partial charge on any atom is -0.481 e. The molecule has 0 unspecified atom stereocenters. The minimum atomic E-state index is -4.22. The van der Waals surface area contributed by atoms with Crippen molar-refractivity contribution < 1.29 is 46.8 Å². The standard InChI is InChI=1S/C23H25N7O9S2/c24-25-12-17(31)13(4-7-20(33)34)26-22(35)16-2-1-10-29-19(32)6-3-15(23(36)30(16)29)28-41(37,38)21-8-5-18(40-21)14-9-11-39-27-14/h5,8-9,11-13,15-16,24,28H,1-4,6-7,10H2,(H-,26,33,34,35)/p+1/t13-,15-,16-/m0/s1. The van der Waals surface area contributed by atoms with Crippen LogP contribution < -0.4 is 10.0 Å². The van der Waals surface area contributed by atoms with Crippen LogP contribution in [0, 0.1) is 5.53 Å². The van der Waals surface area contributed by atoms with Crippen LogP contribution in [0.2, 0.25) is 0 Å². The molecule has 2 aliphatic heterocycles. The number of aromatic nitrogens is 1. The van der Waals surface area contributed by atoms with Gasteiger partial charge in [0.1, 0.15) is 28.2 Å². The number of hydrogen-bond acceptors (Lipinski definition) is 11. The van der Waals surface area contributed by atoms with Crippen LogP contribution in [0.15, 0.2) is 33.2 Å². The molecule has 2 aliphatic rings. The van der Waals surface area contributed by atoms with Crippen LogP contribution in [0.25, 0.3) is 10.6 Å². The largest absolute Gasteiger partial charge is 0.481 e. The van der Waals surface area contributed by atoms with Crippen molar-refractivity contribution in [3.8, 4) is 10.6 Å². The van der Waals surface area contributed by atoms with Crippen LogP contribution in [0.5, 0.6) is 0 Å². The highest BCUT2D eigenvalue weighted by Gasteiger charge is 2.46. The average molecular weight is 609 g/mol. The van der Waals surface area contributed by atoms with Gasteiger partial charge in [-0.05, 0) is 37.8 Å². The molecule has 41 heavy (non-hydrogen) atoms. The zero-order valence-corrected chi connectivity index (χ0v) is 23.0. The second-order valence-electron chi connectivity index (χ2n) is 9.23. The highest BCUT2D eigenvalue weighted by atomic mass is 32.2. The number of rotatable bonds is 11. The lowest BCUT2D eigenvalue weighted by atomic mass is 10.0. The first kappa shape index (κ1) is 29.7. The Kier molecular flexibility index (Phi) is 9.07. The van der Waals surface area contributed by atoms with Gasteiger partial charge in [0.05, 0.1) is 21.2 Å². The number of nitrogens with zero attached hydrogens (tertiary/aromatic N) is 4. The van der Waals surface area contributed by atoms with E-state index in [1.54, 1.807) is 6.07 Å². The third kappa shape index (κ3) is 6.74. The maximum absolute atomic E-state index is 13.7. The van der Waals surface area contributed by atoms with Crippen molar-refractivity contribution in [1.29, 1.82) is 5.53 Å². The first-order valence-corrected chi connectivity index (χ1v) is 14.7. The second kappa shape index (κ2) is 12.5. The SMILES string of the molecule is N=[N+]=CC(=O)[C@H](CCC(=O)O)NC(=O)[C@@H]1CCCN2C(=O)CC[C@H](NS(=O)(=O)c3ccc(-c4ccon4)s3)C(=O)N12. The Morgan fingerprint density at radius 3 is 2.73 bits per heavy atom. The number of nitrogens with one attached hydrogen (secondary N) is 3. The molecule has 2 fully saturated rings. The monoisotopic (exact) mass is 608 g/mol. The van der Waals surface area contributed by atoms with Gasteiger partial charge in [0.25, 0.3) is 21.7 Å². The first-order chi connectivity index (χ1) is 19.5. The van der Waals surface area contributed by atoms with Crippen molar-refractivity contribution in [2.24, 2.45) is 0 Å². The number of thiophene rings is 1. The number of aliphatic carboxylic acids is 1. The summed E-state index contributed by atoms with van der Waals surface area (Å²) >= 11 is 0.904. The summed E-state index contributed by atoms with van der Waals surface area (Å²) < 4.78 is 33.5. The summed E-state index contributed by atoms with van der Waals surface area (Å²) in [6, 6.07) is 0.453. The van der Waals surface area contributed by atoms with Gasteiger partial charge in [0, 0.05) is 25.5 Å². The van der Waals surface area contributed by atoms with Gasteiger partial charge in [-0.25, -0.2) is 13.4 Å². The van der Waals surface area contributed by atoms with Gasteiger partial charge < -0.3 is 14.9 Å². The van der Waals surface area contributed by atoms with E-state index in [1.807, 2.05) is 0 Å². The molecule has 2 saturated heterocycles. The number of carboxylic acid groups (broad SMARTS) is 1. The summed E-state index contributed by atoms with van der Waals surface area (Å²) in [7, 11) is -4.22. The lowest BCUT2D eigenvalue weighted by Gasteiger charge is -2.43. The van der Waals surface area contributed by atoms with Gasteiger partial charge in [-0.15, -0.1) is 11.3 Å². The predicted octanol–water partition coefficient (Wildman–Crippen LogP) is -0.193. The van der Waals surface area contributed by atoms with E-state index in [0.717, 1.165) is 21.4 Å². The van der Waals surface area contributed by atoms with Crippen LogP contribution in [-0.4, -0.2) is 93.8 Å². The van der Waals surface area contributed by atoms with Crippen LogP contribution in [0.1, 0.15) is 38.5 Å². The Morgan fingerprint density at radius 2 is 2.05 bits per heavy atom. The third-order valence-corrected chi connectivity index (χ3v) is 9.57. The number of ketones is 1. The number of amides is 3. The third-order valence-electron chi connectivity index (χ3n) is 6.50. The zero-order valence-electron chi connectivity index (χ0n) is 21.4. The predicted molar refractivity (Wildman–Crippen MR) is 138 cm³/mol. The molecular formula is C23H26N7O9S2+. The molecule has 4 heterocycles. The lowest BCUT2D eigenvalue weighted by molar-refractivity contribution is -0.176. The summed E-state index contributed by atoms with van der Waals surface area (Å²) in [6.07, 6.45) is 1.32. The van der Waals surface area contributed by atoms with Gasteiger partial charge in [-0.2, -0.15) is 4.72 Å². The molecule has 3 amide bonds. The molecule has 0 saturated carbocycles. The minimum absolute atomic E-state index is 0.0964. The van der Waals surface area contributed by atoms with E-state index in [1.165, 1.54) is 18.4 Å². The number of Topliss-reactive ketones (excluding diaryl/α,β-unsaturated/α-hetero) is 1. The smallest absolute Gasteiger partial charge is 0.374 e. The number of hydrogen-bond donors (Lipinski definition) is 4. The highest BCUT2D eigenvalue weighted by molar-refractivity contribution is 7.91. The number of carbonyl (C=O) groups excluding carboxylic acids is 4. The molecule has 16 nitrogen and oxygen atoms in total. The van der Waals surface area contributed by atoms with Gasteiger partial charge >= 0.3 is 12.2 Å². The average Bonchev–Trinajstić information content (AvgIpc) is 3.63.